The summed E-state index contributed by atoms with van der Waals surface area (Å²) in [6.45, 7) is 1.69. The number of cyclic esters (lactones) is 1. The van der Waals surface area contributed by atoms with Gasteiger partial charge in [-0.15, -0.1) is 0 Å². The summed E-state index contributed by atoms with van der Waals surface area (Å²) in [5.74, 6) is 5.78. The zero-order valence-corrected chi connectivity index (χ0v) is 38.8. The van der Waals surface area contributed by atoms with Crippen molar-refractivity contribution in [2.45, 2.75) is 49.2 Å². The normalized spacial score (nSPS) is 22.4. The summed E-state index contributed by atoms with van der Waals surface area (Å²) in [5, 5.41) is 12.8. The van der Waals surface area contributed by atoms with Gasteiger partial charge in [-0.3, -0.25) is 24.2 Å². The first kappa shape index (κ1) is 45.4. The molecule has 350 valence electrons. The van der Waals surface area contributed by atoms with Gasteiger partial charge in [-0.25, -0.2) is 0 Å². The van der Waals surface area contributed by atoms with Gasteiger partial charge in [-0.1, -0.05) is 115 Å². The second kappa shape index (κ2) is 19.3. The molecule has 10 rings (SSSR count). The molecule has 0 saturated carbocycles. The van der Waals surface area contributed by atoms with Crippen LogP contribution in [0.5, 0.6) is 17.2 Å². The molecule has 1 spiro atoms. The lowest BCUT2D eigenvalue weighted by molar-refractivity contribution is -0.179. The molecule has 6 atom stereocenters. The van der Waals surface area contributed by atoms with Crippen LogP contribution in [0, 0.1) is 17.8 Å². The van der Waals surface area contributed by atoms with Crippen molar-refractivity contribution < 1.29 is 38.4 Å². The van der Waals surface area contributed by atoms with Crippen molar-refractivity contribution in [2.24, 2.45) is 5.92 Å². The van der Waals surface area contributed by atoms with Crippen molar-refractivity contribution in [1.29, 1.82) is 0 Å². The number of ether oxygens (including phenoxy) is 4. The minimum absolute atomic E-state index is 0.0947. The Morgan fingerprint density at radius 1 is 0.812 bits per heavy atom. The smallest absolute Gasteiger partial charge is 0.324 e. The summed E-state index contributed by atoms with van der Waals surface area (Å²) in [4.78, 5) is 53.5. The fraction of sp³-hybridized carbons (Fsp3) is 0.281. The van der Waals surface area contributed by atoms with Gasteiger partial charge in [0.05, 0.1) is 45.4 Å². The highest BCUT2D eigenvalue weighted by atomic mass is 16.6. The highest BCUT2D eigenvalue weighted by Crippen LogP contribution is 2.65. The molecule has 2 saturated heterocycles. The standard InChI is InChI=1S/C57H54N4O8/c1-59(35-38-14-7-4-8-15-38)28-13-16-37-21-26-46-45(32-37)57(56(65)58-46)49(54(63)60-29-27-42-33-47(66-2)48(67-3)34-43(42)36-60)51-55(64)69-52(40-19-11-6-12-20-40)50(39-17-9-5-10-18-39)61(51)53(57)41-22-24-44(25-23-41)68-31-30-62/h4-12,14-15,17-26,32-34,49-53,62H,27-31,35-36H2,1-3H3,(H,58,65)/t49-,50-,51-,52+,53+,57-/m0/s1. The van der Waals surface area contributed by atoms with Gasteiger partial charge < -0.3 is 34.3 Å². The third kappa shape index (κ3) is 8.26. The Hall–Kier alpha value is -7.43. The minimum Gasteiger partial charge on any atom is -0.493 e. The van der Waals surface area contributed by atoms with E-state index in [1.54, 1.807) is 19.1 Å². The van der Waals surface area contributed by atoms with Gasteiger partial charge in [0, 0.05) is 30.9 Å². The second-order valence-corrected chi connectivity index (χ2v) is 18.1. The third-order valence-electron chi connectivity index (χ3n) is 14.0. The van der Waals surface area contributed by atoms with Crippen LogP contribution in [-0.4, -0.2) is 91.2 Å². The first-order chi connectivity index (χ1) is 33.7. The number of carbonyl (C=O) groups excluding carboxylic acids is 3. The number of rotatable bonds is 12. The molecule has 6 aromatic carbocycles. The van der Waals surface area contributed by atoms with E-state index in [2.05, 4.69) is 39.1 Å². The first-order valence-corrected chi connectivity index (χ1v) is 23.3. The molecule has 2 amide bonds. The van der Waals surface area contributed by atoms with E-state index in [9.17, 15) is 5.11 Å². The van der Waals surface area contributed by atoms with Crippen molar-refractivity contribution in [3.05, 3.63) is 190 Å². The summed E-state index contributed by atoms with van der Waals surface area (Å²) < 4.78 is 23.8. The molecule has 4 aliphatic heterocycles. The van der Waals surface area contributed by atoms with E-state index < -0.39 is 47.4 Å². The molecule has 4 aliphatic rings. The number of morpholine rings is 1. The van der Waals surface area contributed by atoms with Gasteiger partial charge >= 0.3 is 5.97 Å². The molecule has 69 heavy (non-hydrogen) atoms. The van der Waals surface area contributed by atoms with Crippen LogP contribution in [0.2, 0.25) is 0 Å². The maximum atomic E-state index is 16.2. The topological polar surface area (TPSA) is 130 Å². The predicted molar refractivity (Wildman–Crippen MR) is 260 cm³/mol. The minimum atomic E-state index is -1.69. The van der Waals surface area contributed by atoms with E-state index in [-0.39, 0.29) is 25.7 Å². The summed E-state index contributed by atoms with van der Waals surface area (Å²) in [5.41, 5.74) is 5.50. The van der Waals surface area contributed by atoms with Crippen LogP contribution in [0.15, 0.2) is 146 Å². The number of amides is 2. The van der Waals surface area contributed by atoms with Crippen LogP contribution in [0.1, 0.15) is 62.7 Å². The number of hydrogen-bond donors (Lipinski definition) is 2. The van der Waals surface area contributed by atoms with Crippen LogP contribution >= 0.6 is 0 Å². The fourth-order valence-electron chi connectivity index (χ4n) is 11.1. The van der Waals surface area contributed by atoms with Crippen LogP contribution < -0.4 is 19.5 Å². The van der Waals surface area contributed by atoms with Crippen LogP contribution in [0.4, 0.5) is 5.69 Å². The fourth-order valence-corrected chi connectivity index (χ4v) is 11.1. The van der Waals surface area contributed by atoms with Crippen molar-refractivity contribution in [1.82, 2.24) is 14.7 Å². The predicted octanol–water partition coefficient (Wildman–Crippen LogP) is 7.41. The average Bonchev–Trinajstić information content (AvgIpc) is 3.86. The second-order valence-electron chi connectivity index (χ2n) is 18.1. The molecule has 2 N–H and O–H groups in total. The molecule has 6 aromatic rings. The van der Waals surface area contributed by atoms with Crippen molar-refractivity contribution in [2.75, 3.05) is 52.9 Å². The Labute approximate surface area is 402 Å². The Morgan fingerprint density at radius 2 is 1.48 bits per heavy atom. The zero-order valence-electron chi connectivity index (χ0n) is 38.8. The number of methoxy groups -OCH3 is 2. The molecule has 2 fully saturated rings. The summed E-state index contributed by atoms with van der Waals surface area (Å²) in [7, 11) is 5.20. The number of fused-ring (bicyclic) bond motifs is 4. The molecular formula is C57H54N4O8. The average molecular weight is 923 g/mol. The van der Waals surface area contributed by atoms with E-state index in [0.29, 0.717) is 59.1 Å². The van der Waals surface area contributed by atoms with Gasteiger partial charge in [0.25, 0.3) is 0 Å². The summed E-state index contributed by atoms with van der Waals surface area (Å²) in [6, 6.07) is 43.9. The van der Waals surface area contributed by atoms with Crippen LogP contribution in [0.25, 0.3) is 0 Å². The van der Waals surface area contributed by atoms with Crippen LogP contribution in [0.3, 0.4) is 0 Å². The van der Waals surface area contributed by atoms with Gasteiger partial charge in [0.15, 0.2) is 11.5 Å². The third-order valence-corrected chi connectivity index (χ3v) is 14.0. The quantitative estimate of drug-likeness (QED) is 0.0946. The molecule has 12 nitrogen and oxygen atoms in total. The maximum Gasteiger partial charge on any atom is 0.324 e. The highest BCUT2D eigenvalue weighted by molar-refractivity contribution is 6.12. The molecule has 0 radical (unpaired) electrons. The number of carbonyl (C=O) groups is 3. The molecule has 4 heterocycles. The number of nitrogens with zero attached hydrogens (tertiary/aromatic N) is 3. The number of nitrogens with one attached hydrogen (secondary N) is 1. The lowest BCUT2D eigenvalue weighted by Gasteiger charge is -2.46. The summed E-state index contributed by atoms with van der Waals surface area (Å²) in [6.07, 6.45) is -0.293. The van der Waals surface area contributed by atoms with Gasteiger partial charge in [-0.05, 0) is 94.9 Å². The van der Waals surface area contributed by atoms with E-state index in [1.807, 2.05) is 141 Å². The Balaban J connectivity index is 1.17. The largest absolute Gasteiger partial charge is 0.493 e. The van der Waals surface area contributed by atoms with E-state index in [4.69, 9.17) is 18.9 Å². The van der Waals surface area contributed by atoms with Gasteiger partial charge in [0.2, 0.25) is 11.8 Å². The molecule has 0 aromatic heterocycles. The zero-order chi connectivity index (χ0) is 47.6. The molecule has 0 aliphatic carbocycles. The molecular weight excluding hydrogens is 869 g/mol. The highest BCUT2D eigenvalue weighted by Gasteiger charge is 2.74. The number of aliphatic hydroxyl groups is 1. The van der Waals surface area contributed by atoms with Gasteiger partial charge in [0.1, 0.15) is 29.9 Å². The lowest BCUT2D eigenvalue weighted by Crippen LogP contribution is -2.56. The number of aliphatic hydroxyl groups excluding tert-OH is 1. The maximum absolute atomic E-state index is 16.2. The van der Waals surface area contributed by atoms with E-state index in [0.717, 1.165) is 28.8 Å². The van der Waals surface area contributed by atoms with Crippen LogP contribution in [-0.2, 0) is 44.0 Å². The van der Waals surface area contributed by atoms with E-state index in [1.165, 1.54) is 5.56 Å². The monoisotopic (exact) mass is 922 g/mol. The number of anilines is 1. The Morgan fingerprint density at radius 3 is 2.16 bits per heavy atom. The SMILES string of the molecule is COc1cc2c(cc1OC)CN(C(=O)[C@@H]1[C@H]3C(=O)O[C@H](c4ccccc4)[C@H](c4ccccc4)N3[C@H](c3ccc(OCCO)cc3)[C@@]13C(=O)Nc1ccc(C#CCN(C)Cc4ccccc4)cc13)CC2. The lowest BCUT2D eigenvalue weighted by atomic mass is 9.65. The molecule has 0 bridgehead atoms. The van der Waals surface area contributed by atoms with Gasteiger partial charge in [-0.2, -0.15) is 0 Å². The summed E-state index contributed by atoms with van der Waals surface area (Å²) >= 11 is 0. The Kier molecular flexibility index (Phi) is 12.7. The van der Waals surface area contributed by atoms with E-state index >= 15 is 14.4 Å². The van der Waals surface area contributed by atoms with Crippen molar-refractivity contribution in [3.8, 4) is 29.1 Å². The van der Waals surface area contributed by atoms with Crippen molar-refractivity contribution in [3.63, 3.8) is 0 Å². The van der Waals surface area contributed by atoms with Crippen molar-refractivity contribution >= 4 is 23.5 Å². The number of esters is 1. The number of benzene rings is 6. The molecule has 0 unspecified atom stereocenters. The number of hydrogen-bond acceptors (Lipinski definition) is 10. The Bertz CT molecular complexity index is 2920. The first-order valence-electron chi connectivity index (χ1n) is 23.3. The molecule has 12 heteroatoms.